The number of hydrogen-bond donors (Lipinski definition) is 7. The maximum atomic E-state index is 13.7. The Morgan fingerprint density at radius 2 is 1.61 bits per heavy atom. The second kappa shape index (κ2) is 26.9. The summed E-state index contributed by atoms with van der Waals surface area (Å²) in [4.78, 5) is 149. The van der Waals surface area contributed by atoms with Gasteiger partial charge in [-0.25, -0.2) is 14.6 Å². The summed E-state index contributed by atoms with van der Waals surface area (Å²) in [6.07, 6.45) is 8.58. The smallest absolute Gasteiger partial charge is 0.350 e. The number of nitrogens with one attached hydrogen (secondary N) is 6. The number of fused-ring (bicyclic) bond motifs is 4. The molecule has 1 aliphatic carbocycles. The Labute approximate surface area is 490 Å². The molecule has 0 saturated carbocycles. The van der Waals surface area contributed by atoms with Crippen molar-refractivity contribution in [2.75, 3.05) is 46.1 Å². The molecule has 0 bridgehead atoms. The van der Waals surface area contributed by atoms with Crippen LogP contribution in [0, 0.1) is 13.8 Å². The number of esters is 2. The number of hydrazine groups is 2. The number of ether oxygens (including phenoxy) is 2. The van der Waals surface area contributed by atoms with E-state index in [9.17, 15) is 57.8 Å². The van der Waals surface area contributed by atoms with Crippen molar-refractivity contribution < 1.29 is 67.3 Å². The molecule has 24 nitrogen and oxygen atoms in total. The van der Waals surface area contributed by atoms with Gasteiger partial charge in [0, 0.05) is 86.5 Å². The molecule has 0 unspecified atom stereocenters. The molecule has 3 atom stereocenters. The van der Waals surface area contributed by atoms with Gasteiger partial charge in [-0.2, -0.15) is 0 Å². The standard InChI is InChI=1S/C61H70N10O14/c1-4-61(83)45-26-48-58-44(31-69(48)30-43(45)59(81)85-60(61)82)56-38(14-16-42-36(3)35(2)23-47(66-58)57(42)56)25-41(73)33-84-34-64-51(76)19-17-49(74)46(24-37-11-7-5-8-12-37)65-52(77)18-15-40(72)28-63-53(78)32-70-29-39(67-68-70)27-62-50(75)13-9-6-10-22-71-54(79)20-21-55(71)80/h5,7-8,11-12,20-21,23,26,29,38,46,67-68,83H,4,6,9-10,13-19,22,24-25,27-28,30-34H2,1-3H3,(H,62,75)(H,63,78)(H,64,76)(H,65,77)/t38-,46+,61+/m1/s1. The van der Waals surface area contributed by atoms with Crippen LogP contribution in [0.15, 0.2) is 77.7 Å². The topological polar surface area (TPSA) is 321 Å². The summed E-state index contributed by atoms with van der Waals surface area (Å²) < 4.78 is 10.6. The SMILES string of the molecule is CC[C@@]1(O)C(=O)OC(=O)C2=C1C=C1c3nc4cc(C)c(C)c5c4c(c3CN1C2)[C@@H](CC(=O)COCNC(=O)CCC(=O)[C@H](Cc1ccccc1)NC(=O)CCC(=O)CNC(=O)CN1C=C(CNC(=O)CCCCCN2C(=O)C=CC2=O)NN1)CC5. The summed E-state index contributed by atoms with van der Waals surface area (Å²) in [6, 6.07) is 10.0. The number of carbonyl (C=O) groups is 11. The number of hydrogen-bond acceptors (Lipinski definition) is 19. The molecule has 0 spiro atoms. The average Bonchev–Trinajstić information content (AvgIpc) is 1.77. The van der Waals surface area contributed by atoms with Crippen molar-refractivity contribution in [1.82, 2.24) is 52.0 Å². The number of aromatic nitrogens is 1. The lowest BCUT2D eigenvalue weighted by Crippen LogP contribution is -2.49. The van der Waals surface area contributed by atoms with E-state index in [1.165, 1.54) is 22.7 Å². The lowest BCUT2D eigenvalue weighted by Gasteiger charge is -2.36. The van der Waals surface area contributed by atoms with E-state index in [2.05, 4.69) is 39.2 Å². The Bertz CT molecular complexity index is 3370. The van der Waals surface area contributed by atoms with Crippen LogP contribution in [0.3, 0.4) is 0 Å². The third kappa shape index (κ3) is 14.3. The maximum absolute atomic E-state index is 13.7. The molecule has 5 aliphatic heterocycles. The van der Waals surface area contributed by atoms with Gasteiger partial charge >= 0.3 is 11.9 Å². The fourth-order valence-corrected chi connectivity index (χ4v) is 11.5. The number of pyridine rings is 1. The molecule has 0 radical (unpaired) electrons. The van der Waals surface area contributed by atoms with E-state index in [4.69, 9.17) is 14.5 Å². The number of cyclic esters (lactones) is 2. The second-order valence-electron chi connectivity index (χ2n) is 22.1. The molecular formula is C61H70N10O14. The Hall–Kier alpha value is -8.74. The van der Waals surface area contributed by atoms with Crippen molar-refractivity contribution in [2.24, 2.45) is 0 Å². The third-order valence-electron chi connectivity index (χ3n) is 16.3. The number of benzene rings is 2. The zero-order valence-electron chi connectivity index (χ0n) is 47.8. The van der Waals surface area contributed by atoms with Crippen LogP contribution in [0.25, 0.3) is 16.6 Å². The highest BCUT2D eigenvalue weighted by molar-refractivity contribution is 6.13. The first kappa shape index (κ1) is 60.8. The summed E-state index contributed by atoms with van der Waals surface area (Å²) in [5, 5.41) is 24.5. The van der Waals surface area contributed by atoms with Crippen molar-refractivity contribution in [3.05, 3.63) is 117 Å². The zero-order valence-corrected chi connectivity index (χ0v) is 47.8. The van der Waals surface area contributed by atoms with Gasteiger partial charge in [-0.3, -0.25) is 53.1 Å². The maximum Gasteiger partial charge on any atom is 0.350 e. The van der Waals surface area contributed by atoms with Crippen LogP contribution < -0.4 is 32.2 Å². The van der Waals surface area contributed by atoms with Crippen LogP contribution in [0.2, 0.25) is 0 Å². The summed E-state index contributed by atoms with van der Waals surface area (Å²) in [5.74, 6) is -5.46. The predicted octanol–water partition coefficient (Wildman–Crippen LogP) is 1.93. The number of imide groups is 1. The minimum absolute atomic E-state index is 0.00860. The number of ketones is 3. The number of Topliss-reactive ketones (excluding diaryl/α,β-unsaturated/α-hetero) is 3. The minimum atomic E-state index is -1.98. The van der Waals surface area contributed by atoms with Crippen molar-refractivity contribution in [3.8, 4) is 0 Å². The number of aliphatic hydroxyl groups is 1. The van der Waals surface area contributed by atoms with E-state index in [0.29, 0.717) is 55.9 Å². The average molecular weight is 1170 g/mol. The molecule has 1 aromatic heterocycles. The van der Waals surface area contributed by atoms with Gasteiger partial charge in [-0.1, -0.05) is 43.7 Å². The van der Waals surface area contributed by atoms with Crippen molar-refractivity contribution in [3.63, 3.8) is 0 Å². The fraction of sp³-hybridized carbons (Fsp3) is 0.443. The van der Waals surface area contributed by atoms with Gasteiger partial charge in [-0.15, -0.1) is 5.53 Å². The number of amides is 6. The number of aryl methyl sites for hydroxylation is 2. The van der Waals surface area contributed by atoms with Crippen LogP contribution in [0.5, 0.6) is 0 Å². The Morgan fingerprint density at radius 1 is 0.859 bits per heavy atom. The molecule has 3 aromatic rings. The van der Waals surface area contributed by atoms with Crippen LogP contribution in [-0.4, -0.2) is 147 Å². The highest BCUT2D eigenvalue weighted by Gasteiger charge is 2.50. The van der Waals surface area contributed by atoms with Gasteiger partial charge in [-0.05, 0) is 98.2 Å². The minimum Gasteiger partial charge on any atom is -0.387 e. The molecule has 2 aromatic carbocycles. The van der Waals surface area contributed by atoms with Crippen LogP contribution in [0.4, 0.5) is 0 Å². The van der Waals surface area contributed by atoms with Crippen molar-refractivity contribution >= 4 is 81.3 Å². The zero-order chi connectivity index (χ0) is 60.5. The van der Waals surface area contributed by atoms with E-state index >= 15 is 0 Å². The van der Waals surface area contributed by atoms with E-state index in [-0.39, 0.29) is 131 Å². The van der Waals surface area contributed by atoms with Crippen LogP contribution >= 0.6 is 0 Å². The first-order chi connectivity index (χ1) is 40.8. The molecule has 0 fully saturated rings. The van der Waals surface area contributed by atoms with Gasteiger partial charge in [0.15, 0.2) is 23.0 Å². The normalized spacial score (nSPS) is 18.7. The third-order valence-corrected chi connectivity index (χ3v) is 16.3. The van der Waals surface area contributed by atoms with Gasteiger partial charge in [0.2, 0.25) is 23.6 Å². The van der Waals surface area contributed by atoms with E-state index in [0.717, 1.165) is 50.0 Å². The summed E-state index contributed by atoms with van der Waals surface area (Å²) >= 11 is 0. The molecule has 448 valence electrons. The molecule has 24 heteroatoms. The first-order valence-electron chi connectivity index (χ1n) is 28.7. The molecular weight excluding hydrogens is 1100 g/mol. The molecule has 0 saturated heterocycles. The number of rotatable bonds is 29. The monoisotopic (exact) mass is 1170 g/mol. The lowest BCUT2D eigenvalue weighted by atomic mass is 9.76. The van der Waals surface area contributed by atoms with Crippen molar-refractivity contribution in [2.45, 2.75) is 128 Å². The van der Waals surface area contributed by atoms with Gasteiger partial charge < -0.3 is 46.2 Å². The molecule has 85 heavy (non-hydrogen) atoms. The Balaban J connectivity index is 0.693. The summed E-state index contributed by atoms with van der Waals surface area (Å²) in [6.45, 7) is 5.62. The van der Waals surface area contributed by atoms with Gasteiger partial charge in [0.25, 0.3) is 11.8 Å². The highest BCUT2D eigenvalue weighted by Crippen LogP contribution is 2.49. The Morgan fingerprint density at radius 3 is 2.38 bits per heavy atom. The lowest BCUT2D eigenvalue weighted by molar-refractivity contribution is -0.172. The molecule has 6 aliphatic rings. The summed E-state index contributed by atoms with van der Waals surface area (Å²) in [5.41, 5.74) is 12.9. The molecule has 6 amide bonds. The number of carbonyl (C=O) groups excluding carboxylic acids is 11. The van der Waals surface area contributed by atoms with Gasteiger partial charge in [0.05, 0.1) is 53.9 Å². The van der Waals surface area contributed by atoms with Crippen LogP contribution in [0.1, 0.15) is 123 Å². The fourth-order valence-electron chi connectivity index (χ4n) is 11.5. The summed E-state index contributed by atoms with van der Waals surface area (Å²) in [7, 11) is 0. The molecule has 7 N–H and O–H groups in total. The number of nitrogens with zero attached hydrogens (tertiary/aromatic N) is 4. The molecule has 6 heterocycles. The van der Waals surface area contributed by atoms with Gasteiger partial charge in [0.1, 0.15) is 19.9 Å². The molecule has 9 rings (SSSR count). The largest absolute Gasteiger partial charge is 0.387 e. The van der Waals surface area contributed by atoms with Crippen LogP contribution in [-0.2, 0) is 81.6 Å². The first-order valence-corrected chi connectivity index (χ1v) is 28.7. The van der Waals surface area contributed by atoms with E-state index < -0.39 is 52.9 Å². The quantitative estimate of drug-likeness (QED) is 0.0172. The van der Waals surface area contributed by atoms with Crippen molar-refractivity contribution in [1.29, 1.82) is 0 Å². The second-order valence-corrected chi connectivity index (χ2v) is 22.1. The van der Waals surface area contributed by atoms with E-state index in [1.54, 1.807) is 43.5 Å². The van der Waals surface area contributed by atoms with E-state index in [1.807, 2.05) is 24.0 Å². The Kier molecular flexibility index (Phi) is 19.2. The number of unbranched alkanes of at least 4 members (excludes halogenated alkanes) is 2. The highest BCUT2D eigenvalue weighted by atomic mass is 16.6. The predicted molar refractivity (Wildman–Crippen MR) is 305 cm³/mol.